The van der Waals surface area contributed by atoms with Crippen LogP contribution < -0.4 is 0 Å². The van der Waals surface area contributed by atoms with Gasteiger partial charge < -0.3 is 4.74 Å². The highest BCUT2D eigenvalue weighted by Gasteiger charge is 2.54. The molecular weight excluding hydrogens is 252 g/mol. The average Bonchev–Trinajstić information content (AvgIpc) is 3.10. The summed E-state index contributed by atoms with van der Waals surface area (Å²) >= 11 is 0. The van der Waals surface area contributed by atoms with Crippen molar-refractivity contribution in [1.82, 2.24) is 0 Å². The van der Waals surface area contributed by atoms with Gasteiger partial charge in [0.05, 0.1) is 21.1 Å². The zero-order chi connectivity index (χ0) is 14.0. The highest BCUT2D eigenvalue weighted by molar-refractivity contribution is 6.80. The number of methoxy groups -OCH3 is 1. The van der Waals surface area contributed by atoms with Gasteiger partial charge in [-0.15, -0.1) is 0 Å². The van der Waals surface area contributed by atoms with Crippen LogP contribution in [0, 0.1) is 11.8 Å². The third kappa shape index (κ3) is 3.35. The molecule has 3 heteroatoms. The molecule has 0 saturated heterocycles. The maximum Gasteiger partial charge on any atom is 0.309 e. The van der Waals surface area contributed by atoms with E-state index >= 15 is 0 Å². The van der Waals surface area contributed by atoms with E-state index < -0.39 is 8.07 Å². The van der Waals surface area contributed by atoms with Gasteiger partial charge in [0.15, 0.2) is 0 Å². The third-order valence-corrected chi connectivity index (χ3v) is 4.74. The number of ether oxygens (including phenoxy) is 1. The van der Waals surface area contributed by atoms with Crippen LogP contribution in [-0.4, -0.2) is 21.2 Å². The number of allylic oxidation sites excluding steroid dienone is 1. The van der Waals surface area contributed by atoms with Crippen LogP contribution in [0.1, 0.15) is 11.5 Å². The molecule has 1 saturated carbocycles. The third-order valence-electron chi connectivity index (χ3n) is 3.55. The van der Waals surface area contributed by atoms with Crippen molar-refractivity contribution >= 4 is 14.0 Å². The van der Waals surface area contributed by atoms with Crippen molar-refractivity contribution in [2.75, 3.05) is 7.11 Å². The van der Waals surface area contributed by atoms with Crippen LogP contribution in [0.25, 0.3) is 0 Å². The largest absolute Gasteiger partial charge is 0.469 e. The topological polar surface area (TPSA) is 26.3 Å². The van der Waals surface area contributed by atoms with E-state index in [4.69, 9.17) is 4.74 Å². The fourth-order valence-corrected chi connectivity index (χ4v) is 3.32. The summed E-state index contributed by atoms with van der Waals surface area (Å²) in [4.78, 5) is 11.8. The zero-order valence-electron chi connectivity index (χ0n) is 12.1. The maximum absolute atomic E-state index is 11.8. The fraction of sp³-hybridized carbons (Fsp3) is 0.438. The molecule has 1 aromatic carbocycles. The van der Waals surface area contributed by atoms with Crippen molar-refractivity contribution in [3.8, 4) is 0 Å². The Morgan fingerprint density at radius 3 is 2.37 bits per heavy atom. The zero-order valence-corrected chi connectivity index (χ0v) is 13.1. The molecule has 0 N–H and O–H groups in total. The molecule has 0 bridgehead atoms. The van der Waals surface area contributed by atoms with Crippen molar-refractivity contribution in [3.63, 3.8) is 0 Å². The number of hydrogen-bond acceptors (Lipinski definition) is 2. The molecule has 19 heavy (non-hydrogen) atoms. The van der Waals surface area contributed by atoms with Crippen molar-refractivity contribution in [2.24, 2.45) is 11.8 Å². The summed E-state index contributed by atoms with van der Waals surface area (Å²) in [5, 5.41) is 0. The smallest absolute Gasteiger partial charge is 0.309 e. The second-order valence-corrected chi connectivity index (χ2v) is 11.4. The summed E-state index contributed by atoms with van der Waals surface area (Å²) in [5.74, 6) is 0.516. The Bertz CT molecular complexity index is 473. The summed E-state index contributed by atoms with van der Waals surface area (Å²) in [5.41, 5.74) is 3.57. The molecule has 0 aromatic heterocycles. The predicted molar refractivity (Wildman–Crippen MR) is 80.7 cm³/mol. The first-order chi connectivity index (χ1) is 8.94. The summed E-state index contributed by atoms with van der Waals surface area (Å²) in [7, 11) is 0.256. The Morgan fingerprint density at radius 1 is 1.21 bits per heavy atom. The van der Waals surface area contributed by atoms with Gasteiger partial charge in [0.2, 0.25) is 0 Å². The quantitative estimate of drug-likeness (QED) is 0.619. The van der Waals surface area contributed by atoms with Gasteiger partial charge in [-0.1, -0.05) is 61.7 Å². The molecule has 1 fully saturated rings. The summed E-state index contributed by atoms with van der Waals surface area (Å²) < 4.78 is 4.93. The molecule has 0 aliphatic heterocycles. The second-order valence-electron chi connectivity index (χ2n) is 6.29. The minimum absolute atomic E-state index is 0.000000000000000666. The average molecular weight is 274 g/mol. The summed E-state index contributed by atoms with van der Waals surface area (Å²) in [6.45, 7) is 6.91. The van der Waals surface area contributed by atoms with Crippen LogP contribution in [0.2, 0.25) is 19.6 Å². The number of carbonyl (C=O) groups excluding carboxylic acids is 1. The lowest BCUT2D eigenvalue weighted by molar-refractivity contribution is -0.142. The molecule has 2 nitrogen and oxygen atoms in total. The first kappa shape index (κ1) is 14.1. The molecule has 0 radical (unpaired) electrons. The number of esters is 1. The lowest BCUT2D eigenvalue weighted by atomic mass is 10.1. The fourth-order valence-electron chi connectivity index (χ4n) is 2.52. The van der Waals surface area contributed by atoms with Crippen molar-refractivity contribution < 1.29 is 9.53 Å². The van der Waals surface area contributed by atoms with E-state index in [1.165, 1.54) is 12.7 Å². The summed E-state index contributed by atoms with van der Waals surface area (Å²) in [6.07, 6.45) is 2.24. The number of benzene rings is 1. The predicted octanol–water partition coefficient (Wildman–Crippen LogP) is 3.62. The lowest BCUT2D eigenvalue weighted by Crippen LogP contribution is -2.15. The Hall–Kier alpha value is -1.35. The maximum atomic E-state index is 11.8. The minimum atomic E-state index is -1.22. The Balaban J connectivity index is 2.18. The molecule has 1 unspecified atom stereocenters. The number of rotatable bonds is 4. The monoisotopic (exact) mass is 274 g/mol. The van der Waals surface area contributed by atoms with Gasteiger partial charge in [0.25, 0.3) is 0 Å². The molecule has 1 aliphatic carbocycles. The van der Waals surface area contributed by atoms with Gasteiger partial charge in [0, 0.05) is 5.92 Å². The van der Waals surface area contributed by atoms with Crippen molar-refractivity contribution in [1.29, 1.82) is 0 Å². The van der Waals surface area contributed by atoms with Gasteiger partial charge in [0.1, 0.15) is 0 Å². The molecule has 1 aromatic rings. The van der Waals surface area contributed by atoms with E-state index in [0.29, 0.717) is 11.8 Å². The molecule has 3 atom stereocenters. The molecule has 0 amide bonds. The van der Waals surface area contributed by atoms with E-state index in [-0.39, 0.29) is 11.9 Å². The molecule has 0 spiro atoms. The lowest BCUT2D eigenvalue weighted by Gasteiger charge is -2.07. The highest BCUT2D eigenvalue weighted by Crippen LogP contribution is 2.55. The van der Waals surface area contributed by atoms with Gasteiger partial charge in [-0.05, 0) is 11.5 Å². The van der Waals surface area contributed by atoms with Crippen molar-refractivity contribution in [2.45, 2.75) is 25.6 Å². The van der Waals surface area contributed by atoms with Crippen molar-refractivity contribution in [3.05, 3.63) is 47.7 Å². The van der Waals surface area contributed by atoms with Gasteiger partial charge in [-0.2, -0.15) is 0 Å². The van der Waals surface area contributed by atoms with E-state index in [2.05, 4.69) is 43.5 Å². The molecule has 1 aliphatic rings. The van der Waals surface area contributed by atoms with E-state index in [1.54, 1.807) is 0 Å². The van der Waals surface area contributed by atoms with Crippen LogP contribution in [0.3, 0.4) is 0 Å². The van der Waals surface area contributed by atoms with E-state index in [1.807, 2.05) is 18.2 Å². The number of carbonyl (C=O) groups is 1. The van der Waals surface area contributed by atoms with E-state index in [9.17, 15) is 4.79 Å². The van der Waals surface area contributed by atoms with E-state index in [0.717, 1.165) is 0 Å². The SMILES string of the molecule is COC(=O)[C@H]1C(/C=C/[Si](C)(C)C)[C@@H]1c1ccccc1. The Labute approximate surface area is 116 Å². The molecule has 0 heterocycles. The number of hydrogen-bond donors (Lipinski definition) is 0. The van der Waals surface area contributed by atoms with Crippen LogP contribution in [0.15, 0.2) is 42.1 Å². The molecule has 102 valence electrons. The van der Waals surface area contributed by atoms with Crippen LogP contribution in [0.4, 0.5) is 0 Å². The second kappa shape index (κ2) is 5.33. The first-order valence-electron chi connectivity index (χ1n) is 6.76. The van der Waals surface area contributed by atoms with Gasteiger partial charge in [-0.3, -0.25) is 4.79 Å². The van der Waals surface area contributed by atoms with Crippen LogP contribution in [0.5, 0.6) is 0 Å². The summed E-state index contributed by atoms with van der Waals surface area (Å²) in [6, 6.07) is 10.3. The Morgan fingerprint density at radius 2 is 1.84 bits per heavy atom. The molecular formula is C16H22O2Si. The molecule has 2 rings (SSSR count). The van der Waals surface area contributed by atoms with Gasteiger partial charge >= 0.3 is 5.97 Å². The van der Waals surface area contributed by atoms with Gasteiger partial charge in [-0.25, -0.2) is 0 Å². The first-order valence-corrected chi connectivity index (χ1v) is 10.3. The normalized spacial score (nSPS) is 26.4. The Kier molecular flexibility index (Phi) is 3.95. The van der Waals surface area contributed by atoms with Crippen LogP contribution >= 0.6 is 0 Å². The highest BCUT2D eigenvalue weighted by atomic mass is 28.3. The van der Waals surface area contributed by atoms with Crippen LogP contribution in [-0.2, 0) is 9.53 Å². The minimum Gasteiger partial charge on any atom is -0.469 e. The standard InChI is InChI=1S/C16H22O2Si/c1-18-16(17)15-13(10-11-19(2,3)4)14(15)12-8-6-5-7-9-12/h5-11,13-15H,1-4H3/b11-10+/t13?,14-,15-/m0/s1.